The number of hydrogen-bond donors (Lipinski definition) is 1. The molecule has 1 aliphatic heterocycles. The molecule has 0 aromatic rings. The fourth-order valence-electron chi connectivity index (χ4n) is 2.68. The summed E-state index contributed by atoms with van der Waals surface area (Å²) in [7, 11) is 1.28. The lowest BCUT2D eigenvalue weighted by Gasteiger charge is -2.37. The smallest absolute Gasteiger partial charge is 0.308 e. The number of allylic oxidation sites excluding steroid dienone is 2. The van der Waals surface area contributed by atoms with Gasteiger partial charge in [-0.2, -0.15) is 0 Å². The molecule has 2 rings (SSSR count). The van der Waals surface area contributed by atoms with E-state index in [1.54, 1.807) is 4.90 Å². The zero-order valence-electron chi connectivity index (χ0n) is 11.6. The van der Waals surface area contributed by atoms with Gasteiger partial charge in [0.05, 0.1) is 13.5 Å². The second-order valence-electron chi connectivity index (χ2n) is 5.10. The summed E-state index contributed by atoms with van der Waals surface area (Å²) < 4.78 is 4.61. The van der Waals surface area contributed by atoms with Crippen molar-refractivity contribution in [2.45, 2.75) is 31.7 Å². The lowest BCUT2D eigenvalue weighted by atomic mass is 9.92. The third-order valence-electron chi connectivity index (χ3n) is 3.82. The van der Waals surface area contributed by atoms with Crippen molar-refractivity contribution in [3.8, 4) is 0 Å². The van der Waals surface area contributed by atoms with E-state index in [1.807, 2.05) is 6.08 Å². The minimum Gasteiger partial charge on any atom is -0.469 e. The first kappa shape index (κ1) is 14.6. The second kappa shape index (κ2) is 6.54. The van der Waals surface area contributed by atoms with Gasteiger partial charge in [-0.15, -0.1) is 0 Å². The lowest BCUT2D eigenvalue weighted by Crippen LogP contribution is -2.59. The zero-order chi connectivity index (χ0) is 14.5. The Morgan fingerprint density at radius 1 is 1.45 bits per heavy atom. The Bertz CT molecular complexity index is 433. The van der Waals surface area contributed by atoms with Crippen molar-refractivity contribution in [3.05, 3.63) is 12.2 Å². The number of nitrogens with zero attached hydrogens (tertiary/aromatic N) is 1. The van der Waals surface area contributed by atoms with Crippen LogP contribution < -0.4 is 5.32 Å². The van der Waals surface area contributed by atoms with E-state index in [9.17, 15) is 14.4 Å². The average molecular weight is 280 g/mol. The van der Waals surface area contributed by atoms with Crippen LogP contribution in [-0.2, 0) is 19.1 Å². The van der Waals surface area contributed by atoms with Gasteiger partial charge in [0.15, 0.2) is 0 Å². The standard InChI is InChI=1S/C14H20N2O4/c1-20-12(17)9-11-13(18)15-7-8-16(11)14(19)10-5-3-2-4-6-10/h2-3,10-11H,4-9H2,1H3,(H,15,18)/t10-,11-/m1/s1. The molecule has 1 N–H and O–H groups in total. The summed E-state index contributed by atoms with van der Waals surface area (Å²) in [5, 5.41) is 2.69. The van der Waals surface area contributed by atoms with Crippen molar-refractivity contribution in [2.24, 2.45) is 5.92 Å². The normalized spacial score (nSPS) is 26.1. The number of hydrogen-bond acceptors (Lipinski definition) is 4. The number of methoxy groups -OCH3 is 1. The predicted molar refractivity (Wildman–Crippen MR) is 71.6 cm³/mol. The molecule has 6 nitrogen and oxygen atoms in total. The van der Waals surface area contributed by atoms with Crippen LogP contribution in [0.2, 0.25) is 0 Å². The van der Waals surface area contributed by atoms with Gasteiger partial charge in [-0.05, 0) is 19.3 Å². The number of nitrogens with one attached hydrogen (secondary N) is 1. The number of amides is 2. The monoisotopic (exact) mass is 280 g/mol. The molecule has 1 fully saturated rings. The van der Waals surface area contributed by atoms with Crippen molar-refractivity contribution in [2.75, 3.05) is 20.2 Å². The van der Waals surface area contributed by atoms with Crippen molar-refractivity contribution < 1.29 is 19.1 Å². The molecule has 0 aromatic carbocycles. The van der Waals surface area contributed by atoms with E-state index in [1.165, 1.54) is 7.11 Å². The number of esters is 1. The Labute approximate surface area is 118 Å². The van der Waals surface area contributed by atoms with E-state index < -0.39 is 12.0 Å². The summed E-state index contributed by atoms with van der Waals surface area (Å²) in [5.41, 5.74) is 0. The molecule has 110 valence electrons. The molecule has 0 saturated carbocycles. The molecular formula is C14H20N2O4. The topological polar surface area (TPSA) is 75.7 Å². The maximum Gasteiger partial charge on any atom is 0.308 e. The summed E-state index contributed by atoms with van der Waals surface area (Å²) >= 11 is 0. The number of carbonyl (C=O) groups is 3. The zero-order valence-corrected chi connectivity index (χ0v) is 11.6. The highest BCUT2D eigenvalue weighted by molar-refractivity contribution is 5.92. The highest BCUT2D eigenvalue weighted by Gasteiger charge is 2.37. The SMILES string of the molecule is COC(=O)C[C@@H]1C(=O)NCCN1C(=O)[C@@H]1CC=CCC1. The van der Waals surface area contributed by atoms with Crippen LogP contribution in [0.15, 0.2) is 12.2 Å². The van der Waals surface area contributed by atoms with E-state index in [4.69, 9.17) is 0 Å². The highest BCUT2D eigenvalue weighted by atomic mass is 16.5. The van der Waals surface area contributed by atoms with Crippen LogP contribution in [0.3, 0.4) is 0 Å². The fraction of sp³-hybridized carbons (Fsp3) is 0.643. The molecule has 2 atom stereocenters. The van der Waals surface area contributed by atoms with Crippen molar-refractivity contribution in [1.82, 2.24) is 10.2 Å². The van der Waals surface area contributed by atoms with Crippen LogP contribution in [0.25, 0.3) is 0 Å². The van der Waals surface area contributed by atoms with Crippen molar-refractivity contribution in [1.29, 1.82) is 0 Å². The van der Waals surface area contributed by atoms with E-state index in [2.05, 4.69) is 16.1 Å². The van der Waals surface area contributed by atoms with Gasteiger partial charge >= 0.3 is 5.97 Å². The van der Waals surface area contributed by atoms with Gasteiger partial charge in [0.1, 0.15) is 6.04 Å². The van der Waals surface area contributed by atoms with Gasteiger partial charge in [0.2, 0.25) is 11.8 Å². The van der Waals surface area contributed by atoms with Crippen LogP contribution in [0, 0.1) is 5.92 Å². The molecule has 1 aliphatic carbocycles. The Kier molecular flexibility index (Phi) is 4.76. The quantitative estimate of drug-likeness (QED) is 0.593. The van der Waals surface area contributed by atoms with Crippen LogP contribution in [0.1, 0.15) is 25.7 Å². The predicted octanol–water partition coefficient (Wildman–Crippen LogP) is 0.233. The van der Waals surface area contributed by atoms with Crippen molar-refractivity contribution in [3.63, 3.8) is 0 Å². The van der Waals surface area contributed by atoms with Crippen LogP contribution in [0.4, 0.5) is 0 Å². The summed E-state index contributed by atoms with van der Waals surface area (Å²) in [6.07, 6.45) is 6.39. The van der Waals surface area contributed by atoms with E-state index >= 15 is 0 Å². The summed E-state index contributed by atoms with van der Waals surface area (Å²) in [6.45, 7) is 0.886. The Hall–Kier alpha value is -1.85. The third-order valence-corrected chi connectivity index (χ3v) is 3.82. The van der Waals surface area contributed by atoms with Crippen LogP contribution in [-0.4, -0.2) is 48.9 Å². The summed E-state index contributed by atoms with van der Waals surface area (Å²) in [5.74, 6) is -0.862. The molecule has 0 radical (unpaired) electrons. The van der Waals surface area contributed by atoms with Crippen LogP contribution in [0.5, 0.6) is 0 Å². The Morgan fingerprint density at radius 2 is 2.25 bits per heavy atom. The maximum absolute atomic E-state index is 12.5. The molecule has 6 heteroatoms. The molecular weight excluding hydrogens is 260 g/mol. The Balaban J connectivity index is 2.09. The Morgan fingerprint density at radius 3 is 2.90 bits per heavy atom. The molecule has 2 aliphatic rings. The third kappa shape index (κ3) is 3.18. The highest BCUT2D eigenvalue weighted by Crippen LogP contribution is 2.23. The molecule has 0 unspecified atom stereocenters. The second-order valence-corrected chi connectivity index (χ2v) is 5.10. The first-order chi connectivity index (χ1) is 9.63. The van der Waals surface area contributed by atoms with Gasteiger partial charge in [0, 0.05) is 19.0 Å². The fourth-order valence-corrected chi connectivity index (χ4v) is 2.68. The molecule has 0 aromatic heterocycles. The number of ether oxygens (including phenoxy) is 1. The lowest BCUT2D eigenvalue weighted by molar-refractivity contribution is -0.152. The summed E-state index contributed by atoms with van der Waals surface area (Å²) in [4.78, 5) is 37.4. The molecule has 20 heavy (non-hydrogen) atoms. The molecule has 2 amide bonds. The number of rotatable bonds is 3. The molecule has 1 heterocycles. The van der Waals surface area contributed by atoms with Gasteiger partial charge in [-0.3, -0.25) is 14.4 Å². The number of piperazine rings is 1. The molecule has 0 spiro atoms. The van der Waals surface area contributed by atoms with Gasteiger partial charge in [0.25, 0.3) is 0 Å². The average Bonchev–Trinajstić information content (AvgIpc) is 2.49. The van der Waals surface area contributed by atoms with Gasteiger partial charge in [-0.25, -0.2) is 0 Å². The molecule has 0 bridgehead atoms. The largest absolute Gasteiger partial charge is 0.469 e. The van der Waals surface area contributed by atoms with E-state index in [0.29, 0.717) is 19.5 Å². The van der Waals surface area contributed by atoms with Gasteiger partial charge in [-0.1, -0.05) is 12.2 Å². The first-order valence-electron chi connectivity index (χ1n) is 6.93. The minimum absolute atomic E-state index is 0.0295. The summed E-state index contributed by atoms with van der Waals surface area (Å²) in [6, 6.07) is -0.741. The first-order valence-corrected chi connectivity index (χ1v) is 6.93. The van der Waals surface area contributed by atoms with Crippen LogP contribution >= 0.6 is 0 Å². The molecule has 1 saturated heterocycles. The van der Waals surface area contributed by atoms with Gasteiger partial charge < -0.3 is 15.0 Å². The van der Waals surface area contributed by atoms with E-state index in [-0.39, 0.29) is 24.2 Å². The van der Waals surface area contributed by atoms with Crippen molar-refractivity contribution >= 4 is 17.8 Å². The number of carbonyl (C=O) groups excluding carboxylic acids is 3. The van der Waals surface area contributed by atoms with E-state index in [0.717, 1.165) is 12.8 Å². The minimum atomic E-state index is -0.741. The maximum atomic E-state index is 12.5.